The van der Waals surface area contributed by atoms with Crippen LogP contribution in [0.4, 0.5) is 0 Å². The third-order valence-corrected chi connectivity index (χ3v) is 7.21. The lowest BCUT2D eigenvalue weighted by atomic mass is 9.67. The molecule has 1 aliphatic carbocycles. The predicted octanol–water partition coefficient (Wildman–Crippen LogP) is 3.89. The van der Waals surface area contributed by atoms with E-state index in [1.807, 2.05) is 30.3 Å². The summed E-state index contributed by atoms with van der Waals surface area (Å²) in [6.45, 7) is 1.72. The van der Waals surface area contributed by atoms with Crippen LogP contribution in [0.3, 0.4) is 0 Å². The van der Waals surface area contributed by atoms with Gasteiger partial charge in [-0.1, -0.05) is 48.9 Å². The lowest BCUT2D eigenvalue weighted by molar-refractivity contribution is -0.134. The highest BCUT2D eigenvalue weighted by atomic mass is 35.5. The summed E-state index contributed by atoms with van der Waals surface area (Å²) in [5.41, 5.74) is -0.325. The summed E-state index contributed by atoms with van der Waals surface area (Å²) in [5.74, 6) is -3.04. The van der Waals surface area contributed by atoms with E-state index in [0.29, 0.717) is 11.3 Å². The highest BCUT2D eigenvalue weighted by Gasteiger charge is 2.63. The molecule has 0 saturated heterocycles. The van der Waals surface area contributed by atoms with Crippen LogP contribution in [0, 0.1) is 5.92 Å². The van der Waals surface area contributed by atoms with Gasteiger partial charge < -0.3 is 24.6 Å². The molecular formula is C26H22ClNO7. The van der Waals surface area contributed by atoms with E-state index in [0.717, 1.165) is 5.56 Å². The van der Waals surface area contributed by atoms with Crippen LogP contribution in [-0.2, 0) is 9.59 Å². The average Bonchev–Trinajstić information content (AvgIpc) is 3.17. The van der Waals surface area contributed by atoms with Crippen LogP contribution in [0.2, 0.25) is 5.02 Å². The van der Waals surface area contributed by atoms with Crippen molar-refractivity contribution in [2.24, 2.45) is 5.92 Å². The molecule has 0 saturated carbocycles. The van der Waals surface area contributed by atoms with E-state index in [1.54, 1.807) is 6.92 Å². The Balaban J connectivity index is 1.68. The van der Waals surface area contributed by atoms with E-state index < -0.39 is 35.0 Å². The van der Waals surface area contributed by atoms with Gasteiger partial charge in [-0.2, -0.15) is 0 Å². The van der Waals surface area contributed by atoms with Crippen LogP contribution >= 0.6 is 11.6 Å². The number of ketones is 2. The van der Waals surface area contributed by atoms with Gasteiger partial charge >= 0.3 is 5.97 Å². The van der Waals surface area contributed by atoms with Gasteiger partial charge in [0.1, 0.15) is 27.8 Å². The van der Waals surface area contributed by atoms with Crippen LogP contribution in [0.15, 0.2) is 59.4 Å². The fourth-order valence-electron chi connectivity index (χ4n) is 5.15. The molecule has 9 heteroatoms. The van der Waals surface area contributed by atoms with Crippen molar-refractivity contribution in [3.63, 3.8) is 0 Å². The van der Waals surface area contributed by atoms with Crippen molar-refractivity contribution in [2.75, 3.05) is 14.2 Å². The molecule has 2 aromatic carbocycles. The number of dihydropyridines is 1. The highest BCUT2D eigenvalue weighted by Crippen LogP contribution is 2.55. The predicted molar refractivity (Wildman–Crippen MR) is 126 cm³/mol. The van der Waals surface area contributed by atoms with Gasteiger partial charge in [-0.15, -0.1) is 0 Å². The van der Waals surface area contributed by atoms with Gasteiger partial charge in [-0.05, 0) is 18.1 Å². The first-order chi connectivity index (χ1) is 16.7. The highest BCUT2D eigenvalue weighted by molar-refractivity contribution is 6.36. The summed E-state index contributed by atoms with van der Waals surface area (Å²) >= 11 is 6.49. The maximum absolute atomic E-state index is 14.3. The van der Waals surface area contributed by atoms with Gasteiger partial charge in [0.2, 0.25) is 17.2 Å². The molecule has 0 aromatic heterocycles. The Kier molecular flexibility index (Phi) is 5.36. The molecule has 0 amide bonds. The van der Waals surface area contributed by atoms with E-state index in [1.165, 1.54) is 26.4 Å². The molecule has 8 nitrogen and oxygen atoms in total. The number of benzene rings is 2. The zero-order chi connectivity index (χ0) is 25.1. The molecular weight excluding hydrogens is 474 g/mol. The van der Waals surface area contributed by atoms with Gasteiger partial charge in [0, 0.05) is 29.2 Å². The van der Waals surface area contributed by atoms with Crippen LogP contribution < -0.4 is 19.5 Å². The topological polar surface area (TPSA) is 111 Å². The van der Waals surface area contributed by atoms with Crippen molar-refractivity contribution in [2.45, 2.75) is 24.9 Å². The first-order valence-corrected chi connectivity index (χ1v) is 11.4. The SMILES string of the molecule is COc1cc(OC)c2c(c1Cl)OC1(C(=O)C3=C(CC1C)NC(C(=O)O)=CC3c1ccccc1)C2=O. The first-order valence-electron chi connectivity index (χ1n) is 11.0. The second kappa shape index (κ2) is 8.16. The Bertz CT molecular complexity index is 1350. The minimum atomic E-state index is -1.87. The number of hydrogen-bond acceptors (Lipinski definition) is 7. The number of carboxylic acids is 1. The number of methoxy groups -OCH3 is 2. The third-order valence-electron chi connectivity index (χ3n) is 6.85. The summed E-state index contributed by atoms with van der Waals surface area (Å²) in [5, 5.41) is 12.6. The van der Waals surface area contributed by atoms with Crippen molar-refractivity contribution in [3.05, 3.63) is 75.6 Å². The summed E-state index contributed by atoms with van der Waals surface area (Å²) in [4.78, 5) is 40.0. The molecule has 5 rings (SSSR count). The largest absolute Gasteiger partial charge is 0.496 e. The lowest BCUT2D eigenvalue weighted by Gasteiger charge is -2.41. The van der Waals surface area contributed by atoms with Crippen LogP contribution in [0.5, 0.6) is 17.2 Å². The monoisotopic (exact) mass is 495 g/mol. The van der Waals surface area contributed by atoms with Crippen molar-refractivity contribution >= 4 is 29.1 Å². The second-order valence-electron chi connectivity index (χ2n) is 8.69. The maximum Gasteiger partial charge on any atom is 0.351 e. The number of aliphatic carboxylic acids is 1. The number of allylic oxidation sites excluding steroid dienone is 2. The number of carboxylic acid groups (broad SMARTS) is 1. The van der Waals surface area contributed by atoms with Crippen molar-refractivity contribution in [3.8, 4) is 17.2 Å². The van der Waals surface area contributed by atoms with E-state index >= 15 is 0 Å². The Morgan fingerprint density at radius 2 is 1.83 bits per heavy atom. The van der Waals surface area contributed by atoms with Crippen molar-refractivity contribution in [1.82, 2.24) is 5.32 Å². The number of fused-ring (bicyclic) bond motifs is 1. The molecule has 2 heterocycles. The fourth-order valence-corrected chi connectivity index (χ4v) is 5.41. The normalized spacial score (nSPS) is 24.9. The third kappa shape index (κ3) is 3.16. The number of nitrogens with one attached hydrogen (secondary N) is 1. The van der Waals surface area contributed by atoms with E-state index in [4.69, 9.17) is 25.8 Å². The molecule has 3 unspecified atom stereocenters. The van der Waals surface area contributed by atoms with E-state index in [2.05, 4.69) is 5.32 Å². The first kappa shape index (κ1) is 23.0. The zero-order valence-electron chi connectivity index (χ0n) is 19.2. The van der Waals surface area contributed by atoms with Gasteiger partial charge in [-0.25, -0.2) is 4.79 Å². The molecule has 3 atom stereocenters. The molecule has 180 valence electrons. The fraction of sp³-hybridized carbons (Fsp3) is 0.269. The molecule has 1 spiro atoms. The summed E-state index contributed by atoms with van der Waals surface area (Å²) in [6.07, 6.45) is 1.70. The smallest absolute Gasteiger partial charge is 0.351 e. The van der Waals surface area contributed by atoms with Gasteiger partial charge in [0.05, 0.1) is 14.2 Å². The second-order valence-corrected chi connectivity index (χ2v) is 9.07. The van der Waals surface area contributed by atoms with Gasteiger partial charge in [0.15, 0.2) is 5.75 Å². The molecule has 0 radical (unpaired) electrons. The Hall–Kier alpha value is -3.78. The molecule has 2 aromatic rings. The van der Waals surface area contributed by atoms with Gasteiger partial charge in [0.25, 0.3) is 0 Å². The van der Waals surface area contributed by atoms with Crippen molar-refractivity contribution in [1.29, 1.82) is 0 Å². The van der Waals surface area contributed by atoms with Gasteiger partial charge in [-0.3, -0.25) is 9.59 Å². The number of hydrogen-bond donors (Lipinski definition) is 2. The molecule has 0 fully saturated rings. The molecule has 2 N–H and O–H groups in total. The lowest BCUT2D eigenvalue weighted by Crippen LogP contribution is -2.58. The summed E-state index contributed by atoms with van der Waals surface area (Å²) in [7, 11) is 2.83. The Morgan fingerprint density at radius 1 is 1.14 bits per heavy atom. The zero-order valence-corrected chi connectivity index (χ0v) is 19.9. The van der Waals surface area contributed by atoms with E-state index in [9.17, 15) is 19.5 Å². The number of carbonyl (C=O) groups is 3. The minimum absolute atomic E-state index is 0.0232. The summed E-state index contributed by atoms with van der Waals surface area (Å²) < 4.78 is 16.9. The standard InChI is InChI=1S/C26H22ClNO7/c1-12-9-15-19(14(10-16(28-15)25(31)32)13-7-5-4-6-8-13)23(29)26(12)24(30)20-17(33-2)11-18(34-3)21(27)22(20)35-26/h4-8,10-12,14,28H,9H2,1-3H3,(H,31,32). The van der Waals surface area contributed by atoms with Crippen LogP contribution in [-0.4, -0.2) is 42.5 Å². The Morgan fingerprint density at radius 3 is 2.46 bits per heavy atom. The van der Waals surface area contributed by atoms with E-state index in [-0.39, 0.29) is 40.0 Å². The molecule has 2 aliphatic heterocycles. The Labute approximate surface area is 206 Å². The van der Waals surface area contributed by atoms with Crippen LogP contribution in [0.25, 0.3) is 0 Å². The van der Waals surface area contributed by atoms with Crippen molar-refractivity contribution < 1.29 is 33.7 Å². The number of halogens is 1. The molecule has 3 aliphatic rings. The maximum atomic E-state index is 14.3. The molecule has 0 bridgehead atoms. The quantitative estimate of drug-likeness (QED) is 0.614. The number of Topliss-reactive ketones (excluding diaryl/α,β-unsaturated/α-hetero) is 2. The average molecular weight is 496 g/mol. The number of rotatable bonds is 4. The summed E-state index contributed by atoms with van der Waals surface area (Å²) in [6, 6.07) is 10.6. The molecule has 35 heavy (non-hydrogen) atoms. The minimum Gasteiger partial charge on any atom is -0.496 e. The van der Waals surface area contributed by atoms with Crippen LogP contribution in [0.1, 0.15) is 35.2 Å². The number of carbonyl (C=O) groups excluding carboxylic acids is 2. The number of ether oxygens (including phenoxy) is 3.